The van der Waals surface area contributed by atoms with Gasteiger partial charge < -0.3 is 5.73 Å². The first-order valence-electron chi connectivity index (χ1n) is 7.10. The third-order valence-electron chi connectivity index (χ3n) is 3.63. The van der Waals surface area contributed by atoms with Crippen molar-refractivity contribution in [1.29, 1.82) is 0 Å². The van der Waals surface area contributed by atoms with Gasteiger partial charge in [-0.2, -0.15) is 5.10 Å². The summed E-state index contributed by atoms with van der Waals surface area (Å²) in [5.74, 6) is 0.341. The molecule has 1 heterocycles. The van der Waals surface area contributed by atoms with Crippen molar-refractivity contribution in [3.05, 3.63) is 53.9 Å². The van der Waals surface area contributed by atoms with Gasteiger partial charge in [0.1, 0.15) is 0 Å². The zero-order valence-corrected chi connectivity index (χ0v) is 11.8. The zero-order valence-electron chi connectivity index (χ0n) is 11.8. The number of hydrogen-bond donors (Lipinski definition) is 1. The molecule has 1 aromatic heterocycles. The largest absolute Gasteiger partial charge is 0.322 e. The van der Waals surface area contributed by atoms with Gasteiger partial charge in [0.05, 0.1) is 11.7 Å². The Morgan fingerprint density at radius 2 is 1.89 bits per heavy atom. The zero-order chi connectivity index (χ0) is 13.7. The molecule has 0 aliphatic heterocycles. The van der Waals surface area contributed by atoms with Crippen LogP contribution in [0.3, 0.4) is 0 Å². The number of nitrogens with zero attached hydrogens (tertiary/aromatic N) is 2. The number of benzene rings is 1. The molecular formula is C16H23N3. The SMILES string of the molecule is CCCn1nccc1C(N)C(CC)c1ccccc1. The molecule has 1 aromatic carbocycles. The van der Waals surface area contributed by atoms with Crippen LogP contribution in [0.2, 0.25) is 0 Å². The highest BCUT2D eigenvalue weighted by atomic mass is 15.3. The maximum atomic E-state index is 6.50. The fourth-order valence-corrected chi connectivity index (χ4v) is 2.63. The highest BCUT2D eigenvalue weighted by molar-refractivity contribution is 5.24. The third kappa shape index (κ3) is 3.04. The molecule has 2 atom stereocenters. The second-order valence-corrected chi connectivity index (χ2v) is 4.93. The van der Waals surface area contributed by atoms with Crippen molar-refractivity contribution in [2.45, 2.75) is 45.2 Å². The van der Waals surface area contributed by atoms with Crippen LogP contribution in [0.15, 0.2) is 42.6 Å². The Hall–Kier alpha value is -1.61. The van der Waals surface area contributed by atoms with E-state index in [1.54, 1.807) is 0 Å². The van der Waals surface area contributed by atoms with Crippen LogP contribution in [-0.4, -0.2) is 9.78 Å². The summed E-state index contributed by atoms with van der Waals surface area (Å²) < 4.78 is 2.04. The molecule has 0 bridgehead atoms. The highest BCUT2D eigenvalue weighted by Crippen LogP contribution is 2.31. The van der Waals surface area contributed by atoms with Gasteiger partial charge >= 0.3 is 0 Å². The Morgan fingerprint density at radius 1 is 1.16 bits per heavy atom. The van der Waals surface area contributed by atoms with E-state index in [0.717, 1.165) is 25.1 Å². The topological polar surface area (TPSA) is 43.8 Å². The lowest BCUT2D eigenvalue weighted by molar-refractivity contribution is 0.476. The van der Waals surface area contributed by atoms with Gasteiger partial charge in [-0.3, -0.25) is 4.68 Å². The van der Waals surface area contributed by atoms with E-state index >= 15 is 0 Å². The Bertz CT molecular complexity index is 490. The van der Waals surface area contributed by atoms with Crippen LogP contribution in [0.4, 0.5) is 0 Å². The fourth-order valence-electron chi connectivity index (χ4n) is 2.63. The summed E-state index contributed by atoms with van der Waals surface area (Å²) in [6.07, 6.45) is 3.95. The molecule has 102 valence electrons. The number of aryl methyl sites for hydroxylation is 1. The number of hydrogen-bond acceptors (Lipinski definition) is 2. The molecule has 0 spiro atoms. The van der Waals surface area contributed by atoms with E-state index < -0.39 is 0 Å². The Morgan fingerprint density at radius 3 is 2.53 bits per heavy atom. The molecule has 0 radical (unpaired) electrons. The van der Waals surface area contributed by atoms with E-state index in [4.69, 9.17) is 5.73 Å². The second kappa shape index (κ2) is 6.53. The van der Waals surface area contributed by atoms with Crippen molar-refractivity contribution in [2.24, 2.45) is 5.73 Å². The van der Waals surface area contributed by atoms with Gasteiger partial charge in [-0.1, -0.05) is 44.2 Å². The summed E-state index contributed by atoms with van der Waals surface area (Å²) in [4.78, 5) is 0. The first-order chi connectivity index (χ1) is 9.27. The summed E-state index contributed by atoms with van der Waals surface area (Å²) in [6, 6.07) is 12.6. The highest BCUT2D eigenvalue weighted by Gasteiger charge is 2.22. The van der Waals surface area contributed by atoms with Gasteiger partial charge in [-0.05, 0) is 24.5 Å². The Balaban J connectivity index is 2.25. The van der Waals surface area contributed by atoms with Gasteiger partial charge in [0.2, 0.25) is 0 Å². The average molecular weight is 257 g/mol. The molecule has 2 rings (SSSR count). The van der Waals surface area contributed by atoms with Crippen LogP contribution in [0.1, 0.15) is 49.9 Å². The Kier molecular flexibility index (Phi) is 4.74. The minimum Gasteiger partial charge on any atom is -0.322 e. The predicted molar refractivity (Wildman–Crippen MR) is 78.9 cm³/mol. The lowest BCUT2D eigenvalue weighted by Gasteiger charge is -2.24. The molecular weight excluding hydrogens is 234 g/mol. The van der Waals surface area contributed by atoms with Crippen molar-refractivity contribution in [2.75, 3.05) is 0 Å². The number of rotatable bonds is 6. The molecule has 3 nitrogen and oxygen atoms in total. The van der Waals surface area contributed by atoms with Crippen LogP contribution < -0.4 is 5.73 Å². The van der Waals surface area contributed by atoms with Crippen LogP contribution in [0, 0.1) is 0 Å². The van der Waals surface area contributed by atoms with Gasteiger partial charge in [0, 0.05) is 18.7 Å². The van der Waals surface area contributed by atoms with Crippen LogP contribution in [-0.2, 0) is 6.54 Å². The Labute approximate surface area is 115 Å². The maximum Gasteiger partial charge on any atom is 0.0557 e. The smallest absolute Gasteiger partial charge is 0.0557 e. The van der Waals surface area contributed by atoms with E-state index in [1.165, 1.54) is 5.56 Å². The summed E-state index contributed by atoms with van der Waals surface area (Å²) in [6.45, 7) is 5.28. The summed E-state index contributed by atoms with van der Waals surface area (Å²) >= 11 is 0. The summed E-state index contributed by atoms with van der Waals surface area (Å²) in [5.41, 5.74) is 8.94. The molecule has 0 aliphatic carbocycles. The lowest BCUT2D eigenvalue weighted by Crippen LogP contribution is -2.23. The van der Waals surface area contributed by atoms with Crippen molar-refractivity contribution >= 4 is 0 Å². The van der Waals surface area contributed by atoms with Gasteiger partial charge in [-0.15, -0.1) is 0 Å². The first kappa shape index (κ1) is 13.8. The molecule has 2 unspecified atom stereocenters. The number of aromatic nitrogens is 2. The first-order valence-corrected chi connectivity index (χ1v) is 7.10. The lowest BCUT2D eigenvalue weighted by atomic mass is 9.88. The maximum absolute atomic E-state index is 6.50. The fraction of sp³-hybridized carbons (Fsp3) is 0.438. The van der Waals surface area contributed by atoms with Crippen LogP contribution >= 0.6 is 0 Å². The molecule has 3 heteroatoms. The monoisotopic (exact) mass is 257 g/mol. The quantitative estimate of drug-likeness (QED) is 0.861. The average Bonchev–Trinajstić information content (AvgIpc) is 2.89. The van der Waals surface area contributed by atoms with E-state index in [0.29, 0.717) is 5.92 Å². The summed E-state index contributed by atoms with van der Waals surface area (Å²) in [7, 11) is 0. The molecule has 0 amide bonds. The standard InChI is InChI=1S/C16H23N3/c1-3-12-19-15(10-11-18-19)16(17)14(4-2)13-8-6-5-7-9-13/h5-11,14,16H,3-4,12,17H2,1-2H3. The van der Waals surface area contributed by atoms with Gasteiger partial charge in [0.25, 0.3) is 0 Å². The van der Waals surface area contributed by atoms with E-state index in [2.05, 4.69) is 43.2 Å². The third-order valence-corrected chi connectivity index (χ3v) is 3.63. The van der Waals surface area contributed by atoms with Gasteiger partial charge in [-0.25, -0.2) is 0 Å². The number of nitrogens with two attached hydrogens (primary N) is 1. The molecule has 0 aliphatic rings. The van der Waals surface area contributed by atoms with Crippen molar-refractivity contribution in [3.63, 3.8) is 0 Å². The predicted octanol–water partition coefficient (Wildman–Crippen LogP) is 3.49. The molecule has 2 N–H and O–H groups in total. The van der Waals surface area contributed by atoms with Crippen molar-refractivity contribution in [3.8, 4) is 0 Å². The molecule has 0 saturated carbocycles. The normalized spacial score (nSPS) is 14.3. The van der Waals surface area contributed by atoms with Crippen LogP contribution in [0.5, 0.6) is 0 Å². The molecule has 0 saturated heterocycles. The molecule has 19 heavy (non-hydrogen) atoms. The van der Waals surface area contributed by atoms with Crippen molar-refractivity contribution < 1.29 is 0 Å². The second-order valence-electron chi connectivity index (χ2n) is 4.93. The molecule has 0 fully saturated rings. The minimum atomic E-state index is 0.00134. The summed E-state index contributed by atoms with van der Waals surface area (Å²) in [5, 5.41) is 4.37. The van der Waals surface area contributed by atoms with Crippen LogP contribution in [0.25, 0.3) is 0 Å². The molecule has 2 aromatic rings. The van der Waals surface area contributed by atoms with Gasteiger partial charge in [0.15, 0.2) is 0 Å². The minimum absolute atomic E-state index is 0.00134. The van der Waals surface area contributed by atoms with E-state index in [-0.39, 0.29) is 6.04 Å². The van der Waals surface area contributed by atoms with Crippen molar-refractivity contribution in [1.82, 2.24) is 9.78 Å². The van der Waals surface area contributed by atoms with E-state index in [9.17, 15) is 0 Å². The van der Waals surface area contributed by atoms with E-state index in [1.807, 2.05) is 23.0 Å².